The second-order valence-electron chi connectivity index (χ2n) is 9.02. The molecule has 1 aromatic rings. The molecular weight excluding hydrogens is 400 g/mol. The fourth-order valence-electron chi connectivity index (χ4n) is 4.46. The van der Waals surface area contributed by atoms with Crippen molar-refractivity contribution in [1.29, 1.82) is 0 Å². The van der Waals surface area contributed by atoms with E-state index in [4.69, 9.17) is 11.6 Å². The molecule has 1 aliphatic heterocycles. The standard InChI is InChI=1S/C23H35ClN4O2/c1-16(2)25-22(29)18-4-3-5-21(14-18)27-23(30)26-20-10-12-28(13-11-20)15-17-6-8-19(24)9-7-17/h6-9,16,18,20-21H,3-5,10-15H2,1-2H3,(H,25,29)(H2,26,27,30). The van der Waals surface area contributed by atoms with Crippen LogP contribution < -0.4 is 16.0 Å². The Balaban J connectivity index is 1.37. The summed E-state index contributed by atoms with van der Waals surface area (Å²) in [5, 5.41) is 10.0. The smallest absolute Gasteiger partial charge is 0.315 e. The summed E-state index contributed by atoms with van der Waals surface area (Å²) < 4.78 is 0. The number of amides is 3. The number of hydrogen-bond acceptors (Lipinski definition) is 3. The van der Waals surface area contributed by atoms with Gasteiger partial charge >= 0.3 is 6.03 Å². The Morgan fingerprint density at radius 1 is 1.03 bits per heavy atom. The van der Waals surface area contributed by atoms with Crippen LogP contribution in [0.15, 0.2) is 24.3 Å². The monoisotopic (exact) mass is 434 g/mol. The number of carbonyl (C=O) groups is 2. The number of benzene rings is 1. The second kappa shape index (κ2) is 11.0. The molecule has 1 heterocycles. The third-order valence-corrected chi connectivity index (χ3v) is 6.31. The zero-order chi connectivity index (χ0) is 21.5. The summed E-state index contributed by atoms with van der Waals surface area (Å²) in [5.74, 6) is 0.118. The van der Waals surface area contributed by atoms with Crippen molar-refractivity contribution in [3.05, 3.63) is 34.9 Å². The highest BCUT2D eigenvalue weighted by Gasteiger charge is 2.29. The Kier molecular flexibility index (Phi) is 8.40. The van der Waals surface area contributed by atoms with Gasteiger partial charge in [-0.05, 0) is 63.6 Å². The minimum absolute atomic E-state index is 0.00237. The van der Waals surface area contributed by atoms with Crippen molar-refractivity contribution in [2.45, 2.75) is 77.0 Å². The number of nitrogens with one attached hydrogen (secondary N) is 3. The molecule has 166 valence electrons. The molecule has 1 aliphatic carbocycles. The van der Waals surface area contributed by atoms with Crippen LogP contribution in [0.3, 0.4) is 0 Å². The molecule has 0 spiro atoms. The zero-order valence-corrected chi connectivity index (χ0v) is 18.9. The summed E-state index contributed by atoms with van der Waals surface area (Å²) in [4.78, 5) is 27.2. The Hall–Kier alpha value is -1.79. The predicted molar refractivity (Wildman–Crippen MR) is 120 cm³/mol. The maximum Gasteiger partial charge on any atom is 0.315 e. The quantitative estimate of drug-likeness (QED) is 0.639. The number of piperidine rings is 1. The summed E-state index contributed by atoms with van der Waals surface area (Å²) in [7, 11) is 0. The van der Waals surface area contributed by atoms with Gasteiger partial charge in [-0.15, -0.1) is 0 Å². The van der Waals surface area contributed by atoms with Crippen LogP contribution in [0.25, 0.3) is 0 Å². The van der Waals surface area contributed by atoms with Gasteiger partial charge in [0.15, 0.2) is 0 Å². The van der Waals surface area contributed by atoms with Crippen molar-refractivity contribution in [2.75, 3.05) is 13.1 Å². The van der Waals surface area contributed by atoms with Crippen LogP contribution in [0.2, 0.25) is 5.02 Å². The number of urea groups is 1. The number of nitrogens with zero attached hydrogens (tertiary/aromatic N) is 1. The third-order valence-electron chi connectivity index (χ3n) is 6.05. The molecule has 3 N–H and O–H groups in total. The first-order valence-corrected chi connectivity index (χ1v) is 11.6. The lowest BCUT2D eigenvalue weighted by molar-refractivity contribution is -0.126. The Morgan fingerprint density at radius 3 is 2.37 bits per heavy atom. The normalized spacial score (nSPS) is 23.2. The maximum absolute atomic E-state index is 12.5. The van der Waals surface area contributed by atoms with E-state index in [-0.39, 0.29) is 36.0 Å². The number of likely N-dealkylation sites (tertiary alicyclic amines) is 1. The van der Waals surface area contributed by atoms with E-state index in [0.29, 0.717) is 0 Å². The van der Waals surface area contributed by atoms with Gasteiger partial charge < -0.3 is 16.0 Å². The van der Waals surface area contributed by atoms with Gasteiger partial charge in [0.25, 0.3) is 0 Å². The molecule has 0 aromatic heterocycles. The van der Waals surface area contributed by atoms with E-state index in [1.165, 1.54) is 5.56 Å². The van der Waals surface area contributed by atoms with Crippen molar-refractivity contribution in [3.63, 3.8) is 0 Å². The van der Waals surface area contributed by atoms with Gasteiger partial charge in [-0.25, -0.2) is 4.79 Å². The van der Waals surface area contributed by atoms with E-state index in [2.05, 4.69) is 33.0 Å². The minimum atomic E-state index is -0.0962. The third kappa shape index (κ3) is 7.17. The number of hydrogen-bond donors (Lipinski definition) is 3. The summed E-state index contributed by atoms with van der Waals surface area (Å²) in [6, 6.07) is 8.33. The molecule has 2 atom stereocenters. The number of carbonyl (C=O) groups excluding carboxylic acids is 2. The van der Waals surface area contributed by atoms with Crippen LogP contribution in [0.5, 0.6) is 0 Å². The molecule has 1 saturated heterocycles. The van der Waals surface area contributed by atoms with E-state index < -0.39 is 0 Å². The summed E-state index contributed by atoms with van der Waals surface area (Å²) in [6.07, 6.45) is 5.45. The van der Waals surface area contributed by atoms with Crippen LogP contribution in [0.4, 0.5) is 4.79 Å². The molecule has 1 saturated carbocycles. The van der Waals surface area contributed by atoms with Gasteiger partial charge in [0.2, 0.25) is 5.91 Å². The predicted octanol–water partition coefficient (Wildman–Crippen LogP) is 3.69. The minimum Gasteiger partial charge on any atom is -0.354 e. The van der Waals surface area contributed by atoms with E-state index in [1.54, 1.807) is 0 Å². The van der Waals surface area contributed by atoms with Crippen LogP contribution >= 0.6 is 11.6 Å². The summed E-state index contributed by atoms with van der Waals surface area (Å²) >= 11 is 5.96. The maximum atomic E-state index is 12.5. The topological polar surface area (TPSA) is 73.5 Å². The average Bonchev–Trinajstić information content (AvgIpc) is 2.71. The Labute approximate surface area is 185 Å². The van der Waals surface area contributed by atoms with Crippen molar-refractivity contribution in [2.24, 2.45) is 5.92 Å². The molecule has 1 aromatic carbocycles. The lowest BCUT2D eigenvalue weighted by atomic mass is 9.85. The molecule has 2 fully saturated rings. The van der Waals surface area contributed by atoms with Crippen molar-refractivity contribution >= 4 is 23.5 Å². The first kappa shape index (κ1) is 22.9. The van der Waals surface area contributed by atoms with Crippen molar-refractivity contribution < 1.29 is 9.59 Å². The van der Waals surface area contributed by atoms with E-state index in [9.17, 15) is 9.59 Å². The lowest BCUT2D eigenvalue weighted by Gasteiger charge is -2.33. The number of halogens is 1. The van der Waals surface area contributed by atoms with Gasteiger partial charge in [0.05, 0.1) is 0 Å². The van der Waals surface area contributed by atoms with Crippen LogP contribution in [0, 0.1) is 5.92 Å². The van der Waals surface area contributed by atoms with Gasteiger partial charge in [0.1, 0.15) is 0 Å². The highest BCUT2D eigenvalue weighted by Crippen LogP contribution is 2.25. The fraction of sp³-hybridized carbons (Fsp3) is 0.652. The molecule has 3 amide bonds. The summed E-state index contributed by atoms with van der Waals surface area (Å²) in [6.45, 7) is 6.80. The first-order valence-electron chi connectivity index (χ1n) is 11.2. The Morgan fingerprint density at radius 2 is 1.70 bits per heavy atom. The second-order valence-corrected chi connectivity index (χ2v) is 9.45. The zero-order valence-electron chi connectivity index (χ0n) is 18.1. The SMILES string of the molecule is CC(C)NC(=O)C1CCCC(NC(=O)NC2CCN(Cc3ccc(Cl)cc3)CC2)C1. The van der Waals surface area contributed by atoms with Crippen LogP contribution in [0.1, 0.15) is 57.9 Å². The molecule has 2 unspecified atom stereocenters. The number of rotatable bonds is 6. The van der Waals surface area contributed by atoms with Crippen molar-refractivity contribution in [3.8, 4) is 0 Å². The molecule has 6 nitrogen and oxygen atoms in total. The van der Waals surface area contributed by atoms with Gasteiger partial charge in [-0.1, -0.05) is 30.2 Å². The molecule has 0 bridgehead atoms. The van der Waals surface area contributed by atoms with Gasteiger partial charge in [-0.3, -0.25) is 9.69 Å². The largest absolute Gasteiger partial charge is 0.354 e. The van der Waals surface area contributed by atoms with Crippen molar-refractivity contribution in [1.82, 2.24) is 20.9 Å². The molecule has 0 radical (unpaired) electrons. The van der Waals surface area contributed by atoms with E-state index in [0.717, 1.165) is 63.2 Å². The fourth-order valence-corrected chi connectivity index (χ4v) is 4.58. The first-order chi connectivity index (χ1) is 14.4. The van der Waals surface area contributed by atoms with E-state index in [1.807, 2.05) is 26.0 Å². The van der Waals surface area contributed by atoms with Crippen LogP contribution in [-0.4, -0.2) is 48.1 Å². The lowest BCUT2D eigenvalue weighted by Crippen LogP contribution is -2.51. The molecule has 30 heavy (non-hydrogen) atoms. The van der Waals surface area contributed by atoms with Crippen LogP contribution in [-0.2, 0) is 11.3 Å². The average molecular weight is 435 g/mol. The molecule has 3 rings (SSSR count). The molecule has 7 heteroatoms. The van der Waals surface area contributed by atoms with Gasteiger partial charge in [0, 0.05) is 48.7 Å². The Bertz CT molecular complexity index is 702. The summed E-state index contributed by atoms with van der Waals surface area (Å²) in [5.41, 5.74) is 1.26. The highest BCUT2D eigenvalue weighted by molar-refractivity contribution is 6.30. The van der Waals surface area contributed by atoms with E-state index >= 15 is 0 Å². The van der Waals surface area contributed by atoms with Gasteiger partial charge in [-0.2, -0.15) is 0 Å². The molecular formula is C23H35ClN4O2. The highest BCUT2D eigenvalue weighted by atomic mass is 35.5. The molecule has 2 aliphatic rings.